The maximum Gasteiger partial charge on any atom is 0.320 e. The first-order valence-corrected chi connectivity index (χ1v) is 11.2. The van der Waals surface area contributed by atoms with Crippen molar-refractivity contribution in [3.8, 4) is 23.0 Å². The number of benzene rings is 2. The van der Waals surface area contributed by atoms with E-state index in [1.54, 1.807) is 12.1 Å². The zero-order valence-electron chi connectivity index (χ0n) is 19.4. The highest BCUT2D eigenvalue weighted by molar-refractivity contribution is 5.73. The van der Waals surface area contributed by atoms with Gasteiger partial charge in [-0.25, -0.2) is 0 Å². The van der Waals surface area contributed by atoms with Gasteiger partial charge in [-0.05, 0) is 56.5 Å². The standard InChI is InChI=1S/C20H18O4.C6H13NO2/c1-20(2)8-7-14-16(24-20)6-5-12-15-10-22-17-9-11(21)3-4-13(17)19(15)23-18(12)14;1-4(2)3-5(7)6(8)9/h3-9,15,19,21H,10H2,1-2H3;4-5H,3,7H2,1-2H3,(H,8,9). The summed E-state index contributed by atoms with van der Waals surface area (Å²) in [7, 11) is 0. The van der Waals surface area contributed by atoms with E-state index in [0.717, 1.165) is 28.2 Å². The lowest BCUT2D eigenvalue weighted by Crippen LogP contribution is -2.31. The maximum atomic E-state index is 10.1. The lowest BCUT2D eigenvalue weighted by atomic mass is 9.88. The summed E-state index contributed by atoms with van der Waals surface area (Å²) < 4.78 is 18.3. The van der Waals surface area contributed by atoms with Crippen molar-refractivity contribution in [3.63, 3.8) is 0 Å². The Hall–Kier alpha value is -3.19. The van der Waals surface area contributed by atoms with Crippen LogP contribution in [0.25, 0.3) is 6.08 Å². The molecular formula is C26H31NO6. The Morgan fingerprint density at radius 3 is 2.58 bits per heavy atom. The molecule has 2 aromatic carbocycles. The van der Waals surface area contributed by atoms with Gasteiger partial charge in [-0.3, -0.25) is 4.79 Å². The molecule has 0 aromatic heterocycles. The van der Waals surface area contributed by atoms with E-state index in [4.69, 9.17) is 25.1 Å². The summed E-state index contributed by atoms with van der Waals surface area (Å²) in [5, 5.41) is 18.0. The number of nitrogens with two attached hydrogens (primary N) is 1. The first kappa shape index (κ1) is 23.0. The number of carboxylic acids is 1. The highest BCUT2D eigenvalue weighted by Gasteiger charge is 2.42. The highest BCUT2D eigenvalue weighted by Crippen LogP contribution is 2.54. The van der Waals surface area contributed by atoms with Gasteiger partial charge in [0, 0.05) is 17.2 Å². The normalized spacial score (nSPS) is 21.6. The minimum atomic E-state index is -0.913. The van der Waals surface area contributed by atoms with E-state index in [1.807, 2.05) is 39.8 Å². The van der Waals surface area contributed by atoms with Crippen molar-refractivity contribution in [3.05, 3.63) is 53.1 Å². The zero-order valence-corrected chi connectivity index (χ0v) is 19.4. The van der Waals surface area contributed by atoms with Gasteiger partial charge in [-0.1, -0.05) is 19.9 Å². The largest absolute Gasteiger partial charge is 0.508 e. The van der Waals surface area contributed by atoms with Crippen molar-refractivity contribution in [1.29, 1.82) is 0 Å². The van der Waals surface area contributed by atoms with Gasteiger partial charge >= 0.3 is 5.97 Å². The van der Waals surface area contributed by atoms with Gasteiger partial charge < -0.3 is 30.2 Å². The lowest BCUT2D eigenvalue weighted by Gasteiger charge is -2.28. The van der Waals surface area contributed by atoms with Crippen molar-refractivity contribution in [2.75, 3.05) is 6.61 Å². The summed E-state index contributed by atoms with van der Waals surface area (Å²) in [6.07, 6.45) is 4.62. The molecule has 0 aliphatic carbocycles. The number of fused-ring (bicyclic) bond motifs is 7. The van der Waals surface area contributed by atoms with Crippen LogP contribution in [0.4, 0.5) is 0 Å². The van der Waals surface area contributed by atoms with Crippen LogP contribution in [-0.2, 0) is 4.79 Å². The topological polar surface area (TPSA) is 111 Å². The zero-order chi connectivity index (χ0) is 23.9. The third-order valence-electron chi connectivity index (χ3n) is 5.99. The Kier molecular flexibility index (Phi) is 6.01. The molecule has 0 amide bonds. The second-order valence-corrected chi connectivity index (χ2v) is 9.69. The van der Waals surface area contributed by atoms with E-state index in [9.17, 15) is 9.90 Å². The summed E-state index contributed by atoms with van der Waals surface area (Å²) in [4.78, 5) is 10.1. The average Bonchev–Trinajstić information content (AvgIpc) is 3.11. The van der Waals surface area contributed by atoms with Gasteiger partial charge in [0.2, 0.25) is 0 Å². The van der Waals surface area contributed by atoms with Crippen molar-refractivity contribution in [1.82, 2.24) is 0 Å². The molecule has 3 unspecified atom stereocenters. The maximum absolute atomic E-state index is 10.1. The third kappa shape index (κ3) is 4.64. The van der Waals surface area contributed by atoms with Gasteiger partial charge in [0.25, 0.3) is 0 Å². The molecule has 2 aromatic rings. The third-order valence-corrected chi connectivity index (χ3v) is 5.99. The minimum absolute atomic E-state index is 0.0841. The van der Waals surface area contributed by atoms with E-state index < -0.39 is 12.0 Å². The molecule has 3 aliphatic rings. The fourth-order valence-electron chi connectivity index (χ4n) is 4.37. The number of phenolic OH excluding ortho intramolecular Hbond substituents is 1. The van der Waals surface area contributed by atoms with Gasteiger partial charge in [-0.2, -0.15) is 0 Å². The molecular weight excluding hydrogens is 422 g/mol. The van der Waals surface area contributed by atoms with Crippen molar-refractivity contribution in [2.45, 2.75) is 57.8 Å². The van der Waals surface area contributed by atoms with E-state index in [1.165, 1.54) is 0 Å². The number of ether oxygens (including phenoxy) is 3. The second kappa shape index (κ2) is 8.63. The number of hydrogen-bond acceptors (Lipinski definition) is 6. The van der Waals surface area contributed by atoms with Crippen LogP contribution in [0.5, 0.6) is 23.0 Å². The van der Waals surface area contributed by atoms with Gasteiger partial charge in [0.05, 0.1) is 18.1 Å². The Balaban J connectivity index is 0.000000248. The second-order valence-electron chi connectivity index (χ2n) is 9.69. The van der Waals surface area contributed by atoms with Crippen molar-refractivity contribution >= 4 is 12.0 Å². The Morgan fingerprint density at radius 2 is 1.91 bits per heavy atom. The number of hydrogen-bond donors (Lipinski definition) is 3. The number of rotatable bonds is 3. The number of carbonyl (C=O) groups is 1. The first-order valence-electron chi connectivity index (χ1n) is 11.2. The van der Waals surface area contributed by atoms with Crippen LogP contribution in [0, 0.1) is 5.92 Å². The van der Waals surface area contributed by atoms with Crippen molar-refractivity contribution < 1.29 is 29.2 Å². The fraction of sp³-hybridized carbons (Fsp3) is 0.423. The monoisotopic (exact) mass is 453 g/mol. The van der Waals surface area contributed by atoms with E-state index in [2.05, 4.69) is 18.2 Å². The van der Waals surface area contributed by atoms with E-state index in [0.29, 0.717) is 24.7 Å². The minimum Gasteiger partial charge on any atom is -0.508 e. The molecule has 0 saturated heterocycles. The predicted octanol–water partition coefficient (Wildman–Crippen LogP) is 4.63. The van der Waals surface area contributed by atoms with Crippen LogP contribution < -0.4 is 19.9 Å². The number of carboxylic acid groups (broad SMARTS) is 1. The fourth-order valence-corrected chi connectivity index (χ4v) is 4.37. The molecule has 0 bridgehead atoms. The van der Waals surface area contributed by atoms with Crippen LogP contribution in [-0.4, -0.2) is 34.4 Å². The van der Waals surface area contributed by atoms with E-state index in [-0.39, 0.29) is 23.4 Å². The summed E-state index contributed by atoms with van der Waals surface area (Å²) >= 11 is 0. The summed E-state index contributed by atoms with van der Waals surface area (Å²) in [6, 6.07) is 8.64. The molecule has 3 heterocycles. The molecule has 0 spiro atoms. The Morgan fingerprint density at radius 1 is 1.18 bits per heavy atom. The Bertz CT molecular complexity index is 1090. The molecule has 176 valence electrons. The molecule has 0 radical (unpaired) electrons. The van der Waals surface area contributed by atoms with Crippen LogP contribution in [0.2, 0.25) is 0 Å². The van der Waals surface area contributed by atoms with E-state index >= 15 is 0 Å². The smallest absolute Gasteiger partial charge is 0.320 e. The molecule has 3 aliphatic heterocycles. The average molecular weight is 454 g/mol. The van der Waals surface area contributed by atoms with Gasteiger partial charge in [0.15, 0.2) is 0 Å². The van der Waals surface area contributed by atoms with Crippen LogP contribution in [0.3, 0.4) is 0 Å². The van der Waals surface area contributed by atoms with Crippen LogP contribution in [0.1, 0.15) is 62.8 Å². The molecule has 4 N–H and O–H groups in total. The molecule has 33 heavy (non-hydrogen) atoms. The predicted molar refractivity (Wildman–Crippen MR) is 125 cm³/mol. The molecule has 0 fully saturated rings. The Labute approximate surface area is 193 Å². The number of aliphatic carboxylic acids is 1. The van der Waals surface area contributed by atoms with Gasteiger partial charge in [-0.15, -0.1) is 0 Å². The summed E-state index contributed by atoms with van der Waals surface area (Å²) in [5.74, 6) is 2.25. The van der Waals surface area contributed by atoms with Crippen LogP contribution in [0.15, 0.2) is 36.4 Å². The van der Waals surface area contributed by atoms with Crippen LogP contribution >= 0.6 is 0 Å². The molecule has 0 saturated carbocycles. The summed E-state index contributed by atoms with van der Waals surface area (Å²) in [5.41, 5.74) is 8.05. The van der Waals surface area contributed by atoms with Crippen molar-refractivity contribution in [2.24, 2.45) is 11.7 Å². The molecule has 5 rings (SSSR count). The quantitative estimate of drug-likeness (QED) is 0.621. The highest BCUT2D eigenvalue weighted by atomic mass is 16.5. The SMILES string of the molecule is CC(C)CC(N)C(=O)O.CC1(C)C=Cc2c(ccc3c2OC2c4ccc(O)cc4OCC32)O1. The lowest BCUT2D eigenvalue weighted by molar-refractivity contribution is -0.138. The number of aromatic hydroxyl groups is 1. The summed E-state index contributed by atoms with van der Waals surface area (Å²) in [6.45, 7) is 8.52. The number of phenols is 1. The molecule has 3 atom stereocenters. The van der Waals surface area contributed by atoms with Gasteiger partial charge in [0.1, 0.15) is 40.7 Å². The molecule has 7 heteroatoms. The molecule has 7 nitrogen and oxygen atoms in total. The first-order chi connectivity index (χ1) is 15.6.